The molecule has 2 rings (SSSR count). The van der Waals surface area contributed by atoms with Gasteiger partial charge < -0.3 is 0 Å². The van der Waals surface area contributed by atoms with Gasteiger partial charge in [-0.25, -0.2) is 0 Å². The SMILES string of the molecule is CCc1c(Br)c(-c2cc(C)ccc2C)nn1C. The van der Waals surface area contributed by atoms with E-state index in [1.807, 2.05) is 11.7 Å². The zero-order valence-corrected chi connectivity index (χ0v) is 12.3. The molecule has 0 aliphatic rings. The Labute approximate surface area is 111 Å². The number of hydrogen-bond acceptors (Lipinski definition) is 1. The van der Waals surface area contributed by atoms with Crippen LogP contribution in [0.5, 0.6) is 0 Å². The molecule has 0 bridgehead atoms. The van der Waals surface area contributed by atoms with Crippen LogP contribution in [0, 0.1) is 13.8 Å². The van der Waals surface area contributed by atoms with Crippen molar-refractivity contribution in [2.45, 2.75) is 27.2 Å². The van der Waals surface area contributed by atoms with Crippen LogP contribution in [0.15, 0.2) is 22.7 Å². The molecule has 0 aliphatic heterocycles. The van der Waals surface area contributed by atoms with Crippen molar-refractivity contribution in [2.24, 2.45) is 7.05 Å². The van der Waals surface area contributed by atoms with Crippen LogP contribution in [0.2, 0.25) is 0 Å². The standard InChI is InChI=1S/C14H17BrN2/c1-5-12-13(15)14(16-17(12)4)11-8-9(2)6-7-10(11)3/h6-8H,5H2,1-4H3. The summed E-state index contributed by atoms with van der Waals surface area (Å²) in [6.45, 7) is 6.39. The third-order valence-corrected chi connectivity index (χ3v) is 3.92. The Balaban J connectivity index is 2.64. The summed E-state index contributed by atoms with van der Waals surface area (Å²) in [4.78, 5) is 0. The van der Waals surface area contributed by atoms with Crippen LogP contribution in [-0.2, 0) is 13.5 Å². The molecule has 1 aromatic carbocycles. The lowest BCUT2D eigenvalue weighted by atomic mass is 10.0. The smallest absolute Gasteiger partial charge is 0.107 e. The Kier molecular flexibility index (Phi) is 3.38. The van der Waals surface area contributed by atoms with Crippen molar-refractivity contribution in [3.63, 3.8) is 0 Å². The van der Waals surface area contributed by atoms with Gasteiger partial charge in [0.2, 0.25) is 0 Å². The number of rotatable bonds is 2. The van der Waals surface area contributed by atoms with E-state index < -0.39 is 0 Å². The second-order valence-electron chi connectivity index (χ2n) is 4.40. The van der Waals surface area contributed by atoms with Gasteiger partial charge in [0.15, 0.2) is 0 Å². The molecule has 1 aromatic heterocycles. The number of aryl methyl sites for hydroxylation is 3. The fourth-order valence-electron chi connectivity index (χ4n) is 2.08. The van der Waals surface area contributed by atoms with Gasteiger partial charge >= 0.3 is 0 Å². The predicted molar refractivity (Wildman–Crippen MR) is 75.2 cm³/mol. The van der Waals surface area contributed by atoms with Crippen LogP contribution in [0.3, 0.4) is 0 Å². The first-order chi connectivity index (χ1) is 8.04. The molecular formula is C14H17BrN2. The normalized spacial score (nSPS) is 10.9. The van der Waals surface area contributed by atoms with E-state index in [-0.39, 0.29) is 0 Å². The van der Waals surface area contributed by atoms with Gasteiger partial charge in [-0.2, -0.15) is 5.10 Å². The number of halogens is 1. The van der Waals surface area contributed by atoms with Crippen molar-refractivity contribution in [3.05, 3.63) is 39.5 Å². The maximum absolute atomic E-state index is 4.62. The first kappa shape index (κ1) is 12.4. The van der Waals surface area contributed by atoms with E-state index in [9.17, 15) is 0 Å². The van der Waals surface area contributed by atoms with Crippen molar-refractivity contribution in [3.8, 4) is 11.3 Å². The lowest BCUT2D eigenvalue weighted by Crippen LogP contribution is -1.96. The molecule has 1 heterocycles. The summed E-state index contributed by atoms with van der Waals surface area (Å²) in [5, 5.41) is 4.62. The Bertz CT molecular complexity index is 556. The quantitative estimate of drug-likeness (QED) is 0.817. The third-order valence-electron chi connectivity index (χ3n) is 3.08. The van der Waals surface area contributed by atoms with Crippen LogP contribution in [0.25, 0.3) is 11.3 Å². The first-order valence-electron chi connectivity index (χ1n) is 5.83. The summed E-state index contributed by atoms with van der Waals surface area (Å²) in [6.07, 6.45) is 0.981. The second kappa shape index (κ2) is 4.65. The molecule has 0 saturated carbocycles. The molecule has 0 radical (unpaired) electrons. The van der Waals surface area contributed by atoms with Gasteiger partial charge in [0.1, 0.15) is 5.69 Å². The van der Waals surface area contributed by atoms with Gasteiger partial charge in [0.05, 0.1) is 10.2 Å². The average Bonchev–Trinajstić information content (AvgIpc) is 2.57. The van der Waals surface area contributed by atoms with Crippen molar-refractivity contribution < 1.29 is 0 Å². The first-order valence-corrected chi connectivity index (χ1v) is 6.63. The monoisotopic (exact) mass is 292 g/mol. The van der Waals surface area contributed by atoms with Crippen molar-refractivity contribution in [1.82, 2.24) is 9.78 Å². The Morgan fingerprint density at radius 3 is 2.59 bits per heavy atom. The number of nitrogens with zero attached hydrogens (tertiary/aromatic N) is 2. The van der Waals surface area contributed by atoms with E-state index in [0.29, 0.717) is 0 Å². The van der Waals surface area contributed by atoms with E-state index >= 15 is 0 Å². The van der Waals surface area contributed by atoms with Gasteiger partial charge in [-0.3, -0.25) is 4.68 Å². The van der Waals surface area contributed by atoms with Crippen LogP contribution < -0.4 is 0 Å². The topological polar surface area (TPSA) is 17.8 Å². The van der Waals surface area contributed by atoms with Crippen LogP contribution in [0.4, 0.5) is 0 Å². The predicted octanol–water partition coefficient (Wildman–Crippen LogP) is 4.03. The molecule has 2 nitrogen and oxygen atoms in total. The fraction of sp³-hybridized carbons (Fsp3) is 0.357. The van der Waals surface area contributed by atoms with Crippen LogP contribution in [0.1, 0.15) is 23.7 Å². The Hall–Kier alpha value is -1.09. The molecular weight excluding hydrogens is 276 g/mol. The Morgan fingerprint density at radius 1 is 1.29 bits per heavy atom. The lowest BCUT2D eigenvalue weighted by molar-refractivity contribution is 0.719. The molecule has 90 valence electrons. The highest BCUT2D eigenvalue weighted by Crippen LogP contribution is 2.32. The maximum atomic E-state index is 4.62. The van der Waals surface area contributed by atoms with Gasteiger partial charge in [0, 0.05) is 12.6 Å². The van der Waals surface area contributed by atoms with Gasteiger partial charge in [0.25, 0.3) is 0 Å². The van der Waals surface area contributed by atoms with E-state index in [4.69, 9.17) is 0 Å². The highest BCUT2D eigenvalue weighted by atomic mass is 79.9. The van der Waals surface area contributed by atoms with Crippen LogP contribution >= 0.6 is 15.9 Å². The molecule has 0 fully saturated rings. The lowest BCUT2D eigenvalue weighted by Gasteiger charge is -2.04. The van der Waals surface area contributed by atoms with E-state index in [1.54, 1.807) is 0 Å². The summed E-state index contributed by atoms with van der Waals surface area (Å²) < 4.78 is 3.08. The molecule has 0 saturated heterocycles. The average molecular weight is 293 g/mol. The molecule has 0 N–H and O–H groups in total. The molecule has 0 unspecified atom stereocenters. The fourth-order valence-corrected chi connectivity index (χ4v) is 2.91. The third kappa shape index (κ3) is 2.16. The minimum absolute atomic E-state index is 0.981. The summed E-state index contributed by atoms with van der Waals surface area (Å²) in [5.41, 5.74) is 6.02. The summed E-state index contributed by atoms with van der Waals surface area (Å²) in [6, 6.07) is 6.48. The minimum atomic E-state index is 0.981. The molecule has 0 atom stereocenters. The molecule has 0 spiro atoms. The van der Waals surface area contributed by atoms with Gasteiger partial charge in [-0.15, -0.1) is 0 Å². The minimum Gasteiger partial charge on any atom is -0.271 e. The molecule has 0 amide bonds. The largest absolute Gasteiger partial charge is 0.271 e. The molecule has 3 heteroatoms. The number of aromatic nitrogens is 2. The molecule has 2 aromatic rings. The van der Waals surface area contributed by atoms with Crippen molar-refractivity contribution in [2.75, 3.05) is 0 Å². The zero-order valence-electron chi connectivity index (χ0n) is 10.7. The number of benzene rings is 1. The van der Waals surface area contributed by atoms with Gasteiger partial charge in [-0.05, 0) is 47.8 Å². The zero-order chi connectivity index (χ0) is 12.6. The van der Waals surface area contributed by atoms with E-state index in [0.717, 1.165) is 16.6 Å². The highest BCUT2D eigenvalue weighted by Gasteiger charge is 2.15. The molecule has 0 aliphatic carbocycles. The number of hydrogen-bond donors (Lipinski definition) is 0. The van der Waals surface area contributed by atoms with Crippen molar-refractivity contribution in [1.29, 1.82) is 0 Å². The van der Waals surface area contributed by atoms with E-state index in [1.165, 1.54) is 22.4 Å². The Morgan fingerprint density at radius 2 is 2.00 bits per heavy atom. The van der Waals surface area contributed by atoms with Crippen molar-refractivity contribution >= 4 is 15.9 Å². The van der Waals surface area contributed by atoms with E-state index in [2.05, 4.69) is 60.0 Å². The maximum Gasteiger partial charge on any atom is 0.107 e. The highest BCUT2D eigenvalue weighted by molar-refractivity contribution is 9.10. The summed E-state index contributed by atoms with van der Waals surface area (Å²) in [7, 11) is 2.00. The van der Waals surface area contributed by atoms with Crippen LogP contribution in [-0.4, -0.2) is 9.78 Å². The molecule has 17 heavy (non-hydrogen) atoms. The summed E-state index contributed by atoms with van der Waals surface area (Å²) in [5.74, 6) is 0. The summed E-state index contributed by atoms with van der Waals surface area (Å²) >= 11 is 3.67. The van der Waals surface area contributed by atoms with Gasteiger partial charge in [-0.1, -0.05) is 24.6 Å². The second-order valence-corrected chi connectivity index (χ2v) is 5.20.